The zero-order chi connectivity index (χ0) is 22.3. The van der Waals surface area contributed by atoms with Crippen molar-refractivity contribution in [1.82, 2.24) is 9.80 Å². The second kappa shape index (κ2) is 10.2. The van der Waals surface area contributed by atoms with E-state index in [1.165, 1.54) is 18.1 Å². The number of benzene rings is 3. The van der Waals surface area contributed by atoms with Gasteiger partial charge in [-0.2, -0.15) is 0 Å². The quantitative estimate of drug-likeness (QED) is 0.552. The van der Waals surface area contributed by atoms with Crippen LogP contribution in [0.5, 0.6) is 0 Å². The fourth-order valence-electron chi connectivity index (χ4n) is 4.31. The SMILES string of the molecule is CC(=O)O[C@H](C(=O)N1CCN(C(c2ccccc2)c2ccccc2)CC1)c1ccccc1. The number of carbonyl (C=O) groups is 2. The fraction of sp³-hybridized carbons (Fsp3) is 0.259. The number of hydrogen-bond acceptors (Lipinski definition) is 4. The predicted molar refractivity (Wildman–Crippen MR) is 124 cm³/mol. The van der Waals surface area contributed by atoms with Crippen molar-refractivity contribution in [3.8, 4) is 0 Å². The lowest BCUT2D eigenvalue weighted by molar-refractivity contribution is -0.160. The standard InChI is InChI=1S/C27H28N2O3/c1-21(30)32-26(24-15-9-4-10-16-24)27(31)29-19-17-28(18-20-29)25(22-11-5-2-6-12-22)23-13-7-3-8-14-23/h2-16,25-26H,17-20H2,1H3/t26-/m0/s1. The lowest BCUT2D eigenvalue weighted by Gasteiger charge is -2.40. The van der Waals surface area contributed by atoms with Crippen molar-refractivity contribution in [2.45, 2.75) is 19.1 Å². The maximum atomic E-state index is 13.3. The van der Waals surface area contributed by atoms with Gasteiger partial charge in [-0.15, -0.1) is 0 Å². The molecule has 1 aliphatic rings. The fourth-order valence-corrected chi connectivity index (χ4v) is 4.31. The van der Waals surface area contributed by atoms with Gasteiger partial charge in [0.05, 0.1) is 6.04 Å². The Morgan fingerprint density at radius 1 is 0.688 bits per heavy atom. The number of piperazine rings is 1. The summed E-state index contributed by atoms with van der Waals surface area (Å²) in [4.78, 5) is 29.2. The lowest BCUT2D eigenvalue weighted by Crippen LogP contribution is -2.51. The van der Waals surface area contributed by atoms with E-state index in [4.69, 9.17) is 4.74 Å². The average Bonchev–Trinajstić information content (AvgIpc) is 2.84. The van der Waals surface area contributed by atoms with Crippen LogP contribution >= 0.6 is 0 Å². The van der Waals surface area contributed by atoms with Gasteiger partial charge < -0.3 is 9.64 Å². The van der Waals surface area contributed by atoms with Gasteiger partial charge >= 0.3 is 5.97 Å². The van der Waals surface area contributed by atoms with E-state index in [2.05, 4.69) is 53.4 Å². The third kappa shape index (κ3) is 5.06. The molecule has 32 heavy (non-hydrogen) atoms. The van der Waals surface area contributed by atoms with Gasteiger partial charge in [-0.05, 0) is 11.1 Å². The van der Waals surface area contributed by atoms with Crippen LogP contribution in [-0.2, 0) is 14.3 Å². The summed E-state index contributed by atoms with van der Waals surface area (Å²) in [6.45, 7) is 3.98. The summed E-state index contributed by atoms with van der Waals surface area (Å²) in [5, 5.41) is 0. The van der Waals surface area contributed by atoms with Crippen LogP contribution in [0.25, 0.3) is 0 Å². The molecule has 4 rings (SSSR count). The smallest absolute Gasteiger partial charge is 0.303 e. The lowest BCUT2D eigenvalue weighted by atomic mass is 9.96. The van der Waals surface area contributed by atoms with Crippen LogP contribution in [0.15, 0.2) is 91.0 Å². The van der Waals surface area contributed by atoms with E-state index in [1.807, 2.05) is 47.4 Å². The van der Waals surface area contributed by atoms with E-state index in [0.717, 1.165) is 13.1 Å². The molecule has 0 N–H and O–H groups in total. The Morgan fingerprint density at radius 2 is 1.12 bits per heavy atom. The molecule has 1 fully saturated rings. The van der Waals surface area contributed by atoms with Crippen molar-refractivity contribution < 1.29 is 14.3 Å². The number of rotatable bonds is 6. The second-order valence-corrected chi connectivity index (χ2v) is 7.99. The summed E-state index contributed by atoms with van der Waals surface area (Å²) < 4.78 is 5.42. The van der Waals surface area contributed by atoms with Crippen LogP contribution < -0.4 is 0 Å². The second-order valence-electron chi connectivity index (χ2n) is 7.99. The topological polar surface area (TPSA) is 49.9 Å². The molecule has 1 aliphatic heterocycles. The average molecular weight is 429 g/mol. The zero-order valence-corrected chi connectivity index (χ0v) is 18.3. The van der Waals surface area contributed by atoms with Gasteiger partial charge in [-0.25, -0.2) is 0 Å². The highest BCUT2D eigenvalue weighted by atomic mass is 16.5. The monoisotopic (exact) mass is 428 g/mol. The molecule has 0 radical (unpaired) electrons. The summed E-state index contributed by atoms with van der Waals surface area (Å²) in [5.41, 5.74) is 3.17. The van der Waals surface area contributed by atoms with Gasteiger partial charge in [0.15, 0.2) is 0 Å². The minimum absolute atomic E-state index is 0.132. The molecule has 1 amide bonds. The van der Waals surface area contributed by atoms with E-state index < -0.39 is 12.1 Å². The Morgan fingerprint density at radius 3 is 1.56 bits per heavy atom. The van der Waals surface area contributed by atoms with Crippen molar-refractivity contribution in [2.75, 3.05) is 26.2 Å². The molecule has 1 saturated heterocycles. The number of esters is 1. The van der Waals surface area contributed by atoms with E-state index in [9.17, 15) is 9.59 Å². The van der Waals surface area contributed by atoms with Crippen LogP contribution in [0, 0.1) is 0 Å². The van der Waals surface area contributed by atoms with Crippen molar-refractivity contribution in [1.29, 1.82) is 0 Å². The largest absolute Gasteiger partial charge is 0.447 e. The van der Waals surface area contributed by atoms with Crippen LogP contribution in [0.3, 0.4) is 0 Å². The van der Waals surface area contributed by atoms with E-state index >= 15 is 0 Å². The zero-order valence-electron chi connectivity index (χ0n) is 18.3. The van der Waals surface area contributed by atoms with Crippen LogP contribution in [0.4, 0.5) is 0 Å². The molecule has 5 heteroatoms. The van der Waals surface area contributed by atoms with Gasteiger partial charge in [0.25, 0.3) is 5.91 Å². The highest BCUT2D eigenvalue weighted by Gasteiger charge is 2.33. The van der Waals surface area contributed by atoms with E-state index in [0.29, 0.717) is 18.7 Å². The molecule has 5 nitrogen and oxygen atoms in total. The normalized spacial score (nSPS) is 15.4. The summed E-state index contributed by atoms with van der Waals surface area (Å²) in [6.07, 6.45) is -0.903. The van der Waals surface area contributed by atoms with Gasteiger partial charge in [0, 0.05) is 38.7 Å². The Hall–Kier alpha value is -3.44. The molecule has 0 aromatic heterocycles. The maximum absolute atomic E-state index is 13.3. The predicted octanol–water partition coefficient (Wildman–Crippen LogP) is 4.22. The van der Waals surface area contributed by atoms with Crippen molar-refractivity contribution in [3.63, 3.8) is 0 Å². The van der Waals surface area contributed by atoms with E-state index in [1.54, 1.807) is 0 Å². The molecule has 0 aliphatic carbocycles. The number of nitrogens with zero attached hydrogens (tertiary/aromatic N) is 2. The Labute approximate surface area is 189 Å². The highest BCUT2D eigenvalue weighted by Crippen LogP contribution is 2.30. The molecule has 164 valence electrons. The molecular formula is C27H28N2O3. The number of ether oxygens (including phenoxy) is 1. The minimum atomic E-state index is -0.903. The molecule has 0 spiro atoms. The van der Waals surface area contributed by atoms with Gasteiger partial charge in [0.2, 0.25) is 6.10 Å². The molecular weight excluding hydrogens is 400 g/mol. The van der Waals surface area contributed by atoms with Crippen LogP contribution in [0.2, 0.25) is 0 Å². The molecule has 0 bridgehead atoms. The first-order chi connectivity index (χ1) is 15.6. The number of hydrogen-bond donors (Lipinski definition) is 0. The van der Waals surface area contributed by atoms with Crippen LogP contribution in [-0.4, -0.2) is 47.9 Å². The Balaban J connectivity index is 1.50. The Bertz CT molecular complexity index is 977. The first-order valence-corrected chi connectivity index (χ1v) is 11.0. The first kappa shape index (κ1) is 21.8. The molecule has 1 atom stereocenters. The first-order valence-electron chi connectivity index (χ1n) is 11.0. The third-order valence-electron chi connectivity index (χ3n) is 5.83. The van der Waals surface area contributed by atoms with Gasteiger partial charge in [0.1, 0.15) is 0 Å². The van der Waals surface area contributed by atoms with Crippen molar-refractivity contribution in [2.24, 2.45) is 0 Å². The van der Waals surface area contributed by atoms with Crippen molar-refractivity contribution >= 4 is 11.9 Å². The molecule has 1 heterocycles. The van der Waals surface area contributed by atoms with Crippen LogP contribution in [0.1, 0.15) is 35.8 Å². The molecule has 0 unspecified atom stereocenters. The van der Waals surface area contributed by atoms with E-state index in [-0.39, 0.29) is 11.9 Å². The highest BCUT2D eigenvalue weighted by molar-refractivity contribution is 5.84. The summed E-state index contributed by atoms with van der Waals surface area (Å²) >= 11 is 0. The van der Waals surface area contributed by atoms with Crippen molar-refractivity contribution in [3.05, 3.63) is 108 Å². The van der Waals surface area contributed by atoms with Gasteiger partial charge in [-0.3, -0.25) is 14.5 Å². The number of amides is 1. The molecule has 0 saturated carbocycles. The molecule has 3 aromatic carbocycles. The summed E-state index contributed by atoms with van der Waals surface area (Å²) in [6, 6.07) is 30.3. The summed E-state index contributed by atoms with van der Waals surface area (Å²) in [5.74, 6) is -0.624. The van der Waals surface area contributed by atoms with Gasteiger partial charge in [-0.1, -0.05) is 91.0 Å². The number of carbonyl (C=O) groups excluding carboxylic acids is 2. The Kier molecular flexibility index (Phi) is 6.97. The minimum Gasteiger partial charge on any atom is -0.447 e. The summed E-state index contributed by atoms with van der Waals surface area (Å²) in [7, 11) is 0. The molecule has 3 aromatic rings. The maximum Gasteiger partial charge on any atom is 0.303 e. The third-order valence-corrected chi connectivity index (χ3v) is 5.83.